The van der Waals surface area contributed by atoms with Gasteiger partial charge in [0.15, 0.2) is 0 Å². The number of aryl methyl sites for hydroxylation is 2. The average molecular weight is 339 g/mol. The molecule has 2 aromatic rings. The molecule has 25 heavy (non-hydrogen) atoms. The second-order valence-corrected chi connectivity index (χ2v) is 6.43. The molecule has 0 aliphatic carbocycles. The van der Waals surface area contributed by atoms with E-state index in [9.17, 15) is 9.59 Å². The molecule has 0 bridgehead atoms. The van der Waals surface area contributed by atoms with Gasteiger partial charge in [-0.1, -0.05) is 48.5 Å². The first kappa shape index (κ1) is 18.7. The Labute approximate surface area is 148 Å². The standard InChI is InChI=1S/C21H25NO3/c1-15-7-6-8-16(2)19(15)14-20(23)22-18(11-12-21(24)25)13-17-9-4-3-5-10-17/h3-10,18H,11-14H2,1-2H3,(H,22,23)(H,24,25). The van der Waals surface area contributed by atoms with E-state index in [-0.39, 0.29) is 18.4 Å². The van der Waals surface area contributed by atoms with E-state index < -0.39 is 5.97 Å². The number of hydrogen-bond donors (Lipinski definition) is 2. The normalized spacial score (nSPS) is 11.8. The molecule has 2 rings (SSSR count). The molecule has 0 aliphatic heterocycles. The molecule has 2 aromatic carbocycles. The molecule has 4 nitrogen and oxygen atoms in total. The fourth-order valence-electron chi connectivity index (χ4n) is 2.99. The minimum absolute atomic E-state index is 0.0428. The van der Waals surface area contributed by atoms with Gasteiger partial charge in [-0.2, -0.15) is 0 Å². The van der Waals surface area contributed by atoms with Crippen LogP contribution in [0.2, 0.25) is 0 Å². The number of aliphatic carboxylic acids is 1. The molecule has 0 aromatic heterocycles. The van der Waals surface area contributed by atoms with Crippen LogP contribution in [-0.4, -0.2) is 23.0 Å². The van der Waals surface area contributed by atoms with E-state index in [0.717, 1.165) is 22.3 Å². The van der Waals surface area contributed by atoms with Crippen molar-refractivity contribution < 1.29 is 14.7 Å². The van der Waals surface area contributed by atoms with E-state index in [4.69, 9.17) is 5.11 Å². The molecule has 132 valence electrons. The van der Waals surface area contributed by atoms with Gasteiger partial charge in [0.25, 0.3) is 0 Å². The Hall–Kier alpha value is -2.62. The highest BCUT2D eigenvalue weighted by Crippen LogP contribution is 2.14. The van der Waals surface area contributed by atoms with Crippen molar-refractivity contribution in [2.45, 2.75) is 45.6 Å². The number of nitrogens with one attached hydrogen (secondary N) is 1. The molecule has 1 atom stereocenters. The van der Waals surface area contributed by atoms with Crippen LogP contribution >= 0.6 is 0 Å². The number of carbonyl (C=O) groups excluding carboxylic acids is 1. The number of benzene rings is 2. The Balaban J connectivity index is 2.04. The van der Waals surface area contributed by atoms with Gasteiger partial charge >= 0.3 is 5.97 Å². The summed E-state index contributed by atoms with van der Waals surface area (Å²) in [6.45, 7) is 4.00. The van der Waals surface area contributed by atoms with Gasteiger partial charge in [0.1, 0.15) is 0 Å². The van der Waals surface area contributed by atoms with Gasteiger partial charge in [-0.25, -0.2) is 0 Å². The minimum atomic E-state index is -0.845. The minimum Gasteiger partial charge on any atom is -0.481 e. The highest BCUT2D eigenvalue weighted by molar-refractivity contribution is 5.79. The van der Waals surface area contributed by atoms with Crippen LogP contribution in [-0.2, 0) is 22.4 Å². The van der Waals surface area contributed by atoms with Gasteiger partial charge in [-0.05, 0) is 48.9 Å². The number of rotatable bonds is 8. The van der Waals surface area contributed by atoms with Crippen molar-refractivity contribution in [1.29, 1.82) is 0 Å². The van der Waals surface area contributed by atoms with Crippen molar-refractivity contribution in [1.82, 2.24) is 5.32 Å². The Morgan fingerprint density at radius 1 is 1.00 bits per heavy atom. The monoisotopic (exact) mass is 339 g/mol. The molecule has 0 aliphatic rings. The van der Waals surface area contributed by atoms with Crippen LogP contribution in [0.1, 0.15) is 35.1 Å². The summed E-state index contributed by atoms with van der Waals surface area (Å²) in [4.78, 5) is 23.4. The third kappa shape index (κ3) is 6.07. The van der Waals surface area contributed by atoms with Gasteiger partial charge in [-0.3, -0.25) is 9.59 Å². The Bertz CT molecular complexity index is 705. The van der Waals surface area contributed by atoms with Crippen LogP contribution in [0.15, 0.2) is 48.5 Å². The van der Waals surface area contributed by atoms with E-state index in [1.54, 1.807) is 0 Å². The molecule has 4 heteroatoms. The van der Waals surface area contributed by atoms with Crippen molar-refractivity contribution in [3.8, 4) is 0 Å². The van der Waals surface area contributed by atoms with E-state index in [2.05, 4.69) is 5.32 Å². The lowest BCUT2D eigenvalue weighted by molar-refractivity contribution is -0.137. The van der Waals surface area contributed by atoms with Crippen molar-refractivity contribution in [2.24, 2.45) is 0 Å². The Morgan fingerprint density at radius 2 is 1.64 bits per heavy atom. The summed E-state index contributed by atoms with van der Waals surface area (Å²) in [6, 6.07) is 15.6. The lowest BCUT2D eigenvalue weighted by Gasteiger charge is -2.19. The molecule has 0 spiro atoms. The number of carboxylic acid groups (broad SMARTS) is 1. The quantitative estimate of drug-likeness (QED) is 0.774. The zero-order valence-electron chi connectivity index (χ0n) is 14.8. The second-order valence-electron chi connectivity index (χ2n) is 6.43. The van der Waals surface area contributed by atoms with Crippen molar-refractivity contribution >= 4 is 11.9 Å². The maximum atomic E-state index is 12.5. The summed E-state index contributed by atoms with van der Waals surface area (Å²) in [5, 5.41) is 12.0. The molecular weight excluding hydrogens is 314 g/mol. The zero-order valence-corrected chi connectivity index (χ0v) is 14.8. The second kappa shape index (κ2) is 9.02. The molecule has 0 heterocycles. The van der Waals surface area contributed by atoms with Crippen LogP contribution in [0.5, 0.6) is 0 Å². The first-order chi connectivity index (χ1) is 12.0. The first-order valence-electron chi connectivity index (χ1n) is 8.56. The predicted molar refractivity (Wildman–Crippen MR) is 98.6 cm³/mol. The predicted octanol–water partition coefficient (Wildman–Crippen LogP) is 3.44. The van der Waals surface area contributed by atoms with Gasteiger partial charge in [0.05, 0.1) is 6.42 Å². The number of hydrogen-bond acceptors (Lipinski definition) is 2. The molecule has 0 fully saturated rings. The third-order valence-corrected chi connectivity index (χ3v) is 4.38. The van der Waals surface area contributed by atoms with Gasteiger partial charge < -0.3 is 10.4 Å². The lowest BCUT2D eigenvalue weighted by Crippen LogP contribution is -2.38. The van der Waals surface area contributed by atoms with E-state index in [0.29, 0.717) is 19.3 Å². The fraction of sp³-hybridized carbons (Fsp3) is 0.333. The largest absolute Gasteiger partial charge is 0.481 e. The van der Waals surface area contributed by atoms with E-state index >= 15 is 0 Å². The average Bonchev–Trinajstić information content (AvgIpc) is 2.57. The van der Waals surface area contributed by atoms with Crippen LogP contribution in [0.25, 0.3) is 0 Å². The number of carboxylic acids is 1. The van der Waals surface area contributed by atoms with Crippen LogP contribution in [0.4, 0.5) is 0 Å². The SMILES string of the molecule is Cc1cccc(C)c1CC(=O)NC(CCC(=O)O)Cc1ccccc1. The first-order valence-corrected chi connectivity index (χ1v) is 8.56. The van der Waals surface area contributed by atoms with E-state index in [1.807, 2.05) is 62.4 Å². The smallest absolute Gasteiger partial charge is 0.303 e. The molecule has 0 radical (unpaired) electrons. The highest BCUT2D eigenvalue weighted by atomic mass is 16.4. The van der Waals surface area contributed by atoms with Gasteiger partial charge in [-0.15, -0.1) is 0 Å². The Morgan fingerprint density at radius 3 is 2.24 bits per heavy atom. The van der Waals surface area contributed by atoms with E-state index in [1.165, 1.54) is 0 Å². The maximum Gasteiger partial charge on any atom is 0.303 e. The van der Waals surface area contributed by atoms with Crippen LogP contribution in [0.3, 0.4) is 0 Å². The fourth-order valence-corrected chi connectivity index (χ4v) is 2.99. The molecular formula is C21H25NO3. The zero-order chi connectivity index (χ0) is 18.2. The summed E-state index contributed by atoms with van der Waals surface area (Å²) in [5.41, 5.74) is 4.32. The van der Waals surface area contributed by atoms with Gasteiger partial charge in [0.2, 0.25) is 5.91 Å². The maximum absolute atomic E-state index is 12.5. The summed E-state index contributed by atoms with van der Waals surface area (Å²) >= 11 is 0. The van der Waals surface area contributed by atoms with Crippen molar-refractivity contribution in [3.63, 3.8) is 0 Å². The molecule has 0 saturated heterocycles. The number of amides is 1. The van der Waals surface area contributed by atoms with Crippen LogP contribution < -0.4 is 5.32 Å². The highest BCUT2D eigenvalue weighted by Gasteiger charge is 2.16. The summed E-state index contributed by atoms with van der Waals surface area (Å²) in [6.07, 6.45) is 1.41. The molecule has 0 saturated carbocycles. The molecule has 2 N–H and O–H groups in total. The number of carbonyl (C=O) groups is 2. The van der Waals surface area contributed by atoms with Crippen LogP contribution in [0, 0.1) is 13.8 Å². The third-order valence-electron chi connectivity index (χ3n) is 4.38. The topological polar surface area (TPSA) is 66.4 Å². The molecule has 1 amide bonds. The summed E-state index contributed by atoms with van der Waals surface area (Å²) < 4.78 is 0. The van der Waals surface area contributed by atoms with Crippen molar-refractivity contribution in [3.05, 3.63) is 70.8 Å². The van der Waals surface area contributed by atoms with Gasteiger partial charge in [0, 0.05) is 12.5 Å². The molecule has 1 unspecified atom stereocenters. The van der Waals surface area contributed by atoms with Crippen molar-refractivity contribution in [2.75, 3.05) is 0 Å². The summed E-state index contributed by atoms with van der Waals surface area (Å²) in [7, 11) is 0. The Kier molecular flexibility index (Phi) is 6.75. The lowest BCUT2D eigenvalue weighted by atomic mass is 9.98. The summed E-state index contributed by atoms with van der Waals surface area (Å²) in [5.74, 6) is -0.911.